The number of nitrogens with two attached hydrogens (primary N) is 1. The van der Waals surface area contributed by atoms with Crippen molar-refractivity contribution in [3.8, 4) is 0 Å². The molecule has 1 aromatic heterocycles. The minimum Gasteiger partial charge on any atom is -0.456 e. The number of hydrogen-bond acceptors (Lipinski definition) is 7. The van der Waals surface area contributed by atoms with Crippen LogP contribution in [0.25, 0.3) is 10.2 Å². The molecule has 3 rings (SSSR count). The first-order valence-corrected chi connectivity index (χ1v) is 10.2. The van der Waals surface area contributed by atoms with E-state index in [2.05, 4.69) is 10.3 Å². The maximum absolute atomic E-state index is 11.8. The van der Waals surface area contributed by atoms with E-state index in [-0.39, 0.29) is 13.0 Å². The van der Waals surface area contributed by atoms with Crippen LogP contribution in [0.3, 0.4) is 0 Å². The molecule has 28 heavy (non-hydrogen) atoms. The zero-order valence-corrected chi connectivity index (χ0v) is 16.3. The number of rotatable bonds is 8. The molecule has 0 fully saturated rings. The monoisotopic (exact) mass is 415 g/mol. The van der Waals surface area contributed by atoms with Crippen molar-refractivity contribution in [1.82, 2.24) is 4.98 Å². The molecule has 0 atom stereocenters. The molecule has 2 amide bonds. The standard InChI is InChI=1S/C19H17N3O4S2/c20-18(25)12-5-7-13(8-6-12)21-16(23)11-26-17(24)9-10-27-19-22-14-3-1-2-4-15(14)28-19/h1-8H,9-11H2,(H2,20,25)(H,21,23). The Bertz CT molecular complexity index is 969. The number of nitrogens with zero attached hydrogens (tertiary/aromatic N) is 1. The zero-order valence-electron chi connectivity index (χ0n) is 14.7. The van der Waals surface area contributed by atoms with Gasteiger partial charge in [0.15, 0.2) is 10.9 Å². The van der Waals surface area contributed by atoms with Crippen LogP contribution in [0.5, 0.6) is 0 Å². The van der Waals surface area contributed by atoms with E-state index in [1.807, 2.05) is 24.3 Å². The summed E-state index contributed by atoms with van der Waals surface area (Å²) in [6, 6.07) is 14.0. The van der Waals surface area contributed by atoms with Crippen molar-refractivity contribution in [2.45, 2.75) is 10.8 Å². The number of thioether (sulfide) groups is 1. The minimum atomic E-state index is -0.546. The molecule has 0 bridgehead atoms. The van der Waals surface area contributed by atoms with E-state index in [9.17, 15) is 14.4 Å². The number of nitrogens with one attached hydrogen (secondary N) is 1. The number of amides is 2. The Hall–Kier alpha value is -2.91. The second-order valence-electron chi connectivity index (χ2n) is 5.70. The average Bonchev–Trinajstić information content (AvgIpc) is 3.09. The summed E-state index contributed by atoms with van der Waals surface area (Å²) in [6.45, 7) is -0.373. The Morgan fingerprint density at radius 2 is 1.86 bits per heavy atom. The van der Waals surface area contributed by atoms with Gasteiger partial charge in [0.05, 0.1) is 16.6 Å². The molecule has 3 aromatic rings. The largest absolute Gasteiger partial charge is 0.456 e. The molecule has 3 N–H and O–H groups in total. The third-order valence-corrected chi connectivity index (χ3v) is 5.80. The van der Waals surface area contributed by atoms with Crippen LogP contribution in [0.1, 0.15) is 16.8 Å². The van der Waals surface area contributed by atoms with Gasteiger partial charge in [-0.05, 0) is 36.4 Å². The summed E-state index contributed by atoms with van der Waals surface area (Å²) in [5.74, 6) is -0.933. The summed E-state index contributed by atoms with van der Waals surface area (Å²) in [4.78, 5) is 39.1. The lowest BCUT2D eigenvalue weighted by Crippen LogP contribution is -2.21. The average molecular weight is 415 g/mol. The quantitative estimate of drug-likeness (QED) is 0.432. The van der Waals surface area contributed by atoms with Gasteiger partial charge in [-0.1, -0.05) is 23.9 Å². The van der Waals surface area contributed by atoms with Gasteiger partial charge in [-0.25, -0.2) is 4.98 Å². The molecule has 1 heterocycles. The molecule has 0 saturated heterocycles. The van der Waals surface area contributed by atoms with Gasteiger partial charge in [-0.15, -0.1) is 11.3 Å². The molecular weight excluding hydrogens is 398 g/mol. The number of hydrogen-bond donors (Lipinski definition) is 2. The SMILES string of the molecule is NC(=O)c1ccc(NC(=O)COC(=O)CCSc2nc3ccccc3s2)cc1. The van der Waals surface area contributed by atoms with E-state index in [1.54, 1.807) is 23.5 Å². The van der Waals surface area contributed by atoms with Crippen LogP contribution in [-0.2, 0) is 14.3 Å². The number of fused-ring (bicyclic) bond motifs is 1. The highest BCUT2D eigenvalue weighted by atomic mass is 32.2. The molecule has 0 aliphatic carbocycles. The van der Waals surface area contributed by atoms with Gasteiger partial charge in [-0.2, -0.15) is 0 Å². The molecule has 0 radical (unpaired) electrons. The molecule has 7 nitrogen and oxygen atoms in total. The normalized spacial score (nSPS) is 10.6. The Morgan fingerprint density at radius 1 is 1.11 bits per heavy atom. The Balaban J connectivity index is 1.37. The highest BCUT2D eigenvalue weighted by Crippen LogP contribution is 2.29. The van der Waals surface area contributed by atoms with Gasteiger partial charge in [0.2, 0.25) is 5.91 Å². The smallest absolute Gasteiger partial charge is 0.307 e. The molecule has 144 valence electrons. The number of thiazole rings is 1. The lowest BCUT2D eigenvalue weighted by Gasteiger charge is -2.07. The highest BCUT2D eigenvalue weighted by Gasteiger charge is 2.10. The molecule has 0 spiro atoms. The van der Waals surface area contributed by atoms with Gasteiger partial charge in [-0.3, -0.25) is 14.4 Å². The first-order chi connectivity index (χ1) is 13.5. The van der Waals surface area contributed by atoms with Gasteiger partial charge < -0.3 is 15.8 Å². The third-order valence-electron chi connectivity index (χ3n) is 3.62. The summed E-state index contributed by atoms with van der Waals surface area (Å²) in [5.41, 5.74) is 6.92. The number of benzene rings is 2. The fourth-order valence-corrected chi connectivity index (χ4v) is 4.33. The number of aromatic nitrogens is 1. The van der Waals surface area contributed by atoms with Crippen LogP contribution in [0.4, 0.5) is 5.69 Å². The van der Waals surface area contributed by atoms with E-state index in [0.717, 1.165) is 14.6 Å². The summed E-state index contributed by atoms with van der Waals surface area (Å²) in [6.07, 6.45) is 0.182. The van der Waals surface area contributed by atoms with Gasteiger partial charge in [0.1, 0.15) is 0 Å². The van der Waals surface area contributed by atoms with Crippen molar-refractivity contribution >= 4 is 56.8 Å². The van der Waals surface area contributed by atoms with E-state index in [1.165, 1.54) is 23.9 Å². The molecule has 0 unspecified atom stereocenters. The van der Waals surface area contributed by atoms with E-state index < -0.39 is 17.8 Å². The second-order valence-corrected chi connectivity index (χ2v) is 8.07. The van der Waals surface area contributed by atoms with Crippen molar-refractivity contribution in [2.24, 2.45) is 5.73 Å². The minimum absolute atomic E-state index is 0.182. The Kier molecular flexibility index (Phi) is 6.62. The lowest BCUT2D eigenvalue weighted by molar-refractivity contribution is -0.146. The summed E-state index contributed by atoms with van der Waals surface area (Å²) in [7, 11) is 0. The van der Waals surface area contributed by atoms with Crippen LogP contribution in [0.15, 0.2) is 52.9 Å². The third kappa shape index (κ3) is 5.54. The second kappa shape index (κ2) is 9.34. The van der Waals surface area contributed by atoms with Gasteiger partial charge in [0.25, 0.3) is 5.91 Å². The van der Waals surface area contributed by atoms with Crippen LogP contribution in [-0.4, -0.2) is 35.1 Å². The van der Waals surface area contributed by atoms with Crippen LogP contribution in [0.2, 0.25) is 0 Å². The number of ether oxygens (including phenoxy) is 1. The van der Waals surface area contributed by atoms with E-state index >= 15 is 0 Å². The fraction of sp³-hybridized carbons (Fsp3) is 0.158. The van der Waals surface area contributed by atoms with Gasteiger partial charge in [0, 0.05) is 17.0 Å². The van der Waals surface area contributed by atoms with Crippen LogP contribution < -0.4 is 11.1 Å². The van der Waals surface area contributed by atoms with Crippen molar-refractivity contribution < 1.29 is 19.1 Å². The van der Waals surface area contributed by atoms with Crippen molar-refractivity contribution in [3.05, 3.63) is 54.1 Å². The van der Waals surface area contributed by atoms with Crippen LogP contribution in [0, 0.1) is 0 Å². The summed E-state index contributed by atoms with van der Waals surface area (Å²) < 4.78 is 6.98. The zero-order chi connectivity index (χ0) is 19.9. The van der Waals surface area contributed by atoms with E-state index in [0.29, 0.717) is 17.0 Å². The predicted octanol–water partition coefficient (Wildman–Crippen LogP) is 3.06. The topological polar surface area (TPSA) is 111 Å². The van der Waals surface area contributed by atoms with Crippen molar-refractivity contribution in [2.75, 3.05) is 17.7 Å². The number of carbonyl (C=O) groups is 3. The molecule has 0 aliphatic heterocycles. The first kappa shape index (κ1) is 19.8. The number of primary amides is 1. The van der Waals surface area contributed by atoms with E-state index in [4.69, 9.17) is 10.5 Å². The number of esters is 1. The van der Waals surface area contributed by atoms with Gasteiger partial charge >= 0.3 is 5.97 Å². The maximum Gasteiger partial charge on any atom is 0.307 e. The Morgan fingerprint density at radius 3 is 2.57 bits per heavy atom. The molecule has 9 heteroatoms. The van der Waals surface area contributed by atoms with Crippen molar-refractivity contribution in [1.29, 1.82) is 0 Å². The predicted molar refractivity (Wildman–Crippen MR) is 110 cm³/mol. The molecular formula is C19H17N3O4S2. The lowest BCUT2D eigenvalue weighted by atomic mass is 10.2. The van der Waals surface area contributed by atoms with Crippen molar-refractivity contribution in [3.63, 3.8) is 0 Å². The number of para-hydroxylation sites is 1. The van der Waals surface area contributed by atoms with Crippen LogP contribution >= 0.6 is 23.1 Å². The number of carbonyl (C=O) groups excluding carboxylic acids is 3. The summed E-state index contributed by atoms with van der Waals surface area (Å²) in [5, 5.41) is 2.58. The maximum atomic E-state index is 11.8. The summed E-state index contributed by atoms with van der Waals surface area (Å²) >= 11 is 3.06. The first-order valence-electron chi connectivity index (χ1n) is 8.35. The molecule has 0 aliphatic rings. The molecule has 0 saturated carbocycles. The highest BCUT2D eigenvalue weighted by molar-refractivity contribution is 8.01. The number of anilines is 1. The fourth-order valence-electron chi connectivity index (χ4n) is 2.27. The molecule has 2 aromatic carbocycles. The Labute approximate surface area is 169 Å².